The largest absolute Gasteiger partial charge is 0.464 e. The Hall–Kier alpha value is -2.26. The summed E-state index contributed by atoms with van der Waals surface area (Å²) in [7, 11) is 0. The maximum Gasteiger partial charge on any atom is 0.271 e. The van der Waals surface area contributed by atoms with E-state index in [4.69, 9.17) is 9.47 Å². The zero-order chi connectivity index (χ0) is 16.6. The Bertz CT molecular complexity index is 646. The van der Waals surface area contributed by atoms with Gasteiger partial charge in [0.1, 0.15) is 0 Å². The van der Waals surface area contributed by atoms with Gasteiger partial charge in [0.05, 0.1) is 24.9 Å². The van der Waals surface area contributed by atoms with Gasteiger partial charge in [-0.05, 0) is 12.1 Å². The fraction of sp³-hybridized carbons (Fsp3) is 0.467. The summed E-state index contributed by atoms with van der Waals surface area (Å²) in [6, 6.07) is 5.72. The van der Waals surface area contributed by atoms with Gasteiger partial charge >= 0.3 is 0 Å². The Morgan fingerprint density at radius 3 is 3.00 bits per heavy atom. The smallest absolute Gasteiger partial charge is 0.271 e. The van der Waals surface area contributed by atoms with Gasteiger partial charge in [-0.3, -0.25) is 9.78 Å². The number of hydrogen-bond donors (Lipinski definition) is 1. The molecule has 1 saturated heterocycles. The van der Waals surface area contributed by atoms with Gasteiger partial charge in [0, 0.05) is 37.9 Å². The first-order chi connectivity index (χ1) is 11.8. The first-order valence-corrected chi connectivity index (χ1v) is 8.50. The van der Waals surface area contributed by atoms with E-state index in [1.165, 1.54) is 0 Å². The highest BCUT2D eigenvalue weighted by molar-refractivity contribution is 6.99. The highest BCUT2D eigenvalue weighted by atomic mass is 32.1. The van der Waals surface area contributed by atoms with E-state index in [0.717, 1.165) is 30.5 Å². The fourth-order valence-electron chi connectivity index (χ4n) is 2.30. The predicted molar refractivity (Wildman–Crippen MR) is 89.4 cm³/mol. The topological polar surface area (TPSA) is 89.5 Å². The number of ether oxygens (including phenoxy) is 2. The van der Waals surface area contributed by atoms with Crippen molar-refractivity contribution < 1.29 is 14.3 Å². The van der Waals surface area contributed by atoms with Crippen molar-refractivity contribution in [2.75, 3.05) is 44.4 Å². The molecule has 9 heteroatoms. The van der Waals surface area contributed by atoms with Crippen LogP contribution in [0, 0.1) is 0 Å². The molecular formula is C15H19N5O3S. The van der Waals surface area contributed by atoms with Crippen LogP contribution in [0.3, 0.4) is 0 Å². The SMILES string of the molecule is O=C(COc1nsnc1N1CCOCC1)NCCc1ccccn1. The number of hydrogen-bond acceptors (Lipinski definition) is 8. The molecule has 0 aliphatic carbocycles. The number of pyridine rings is 1. The quantitative estimate of drug-likeness (QED) is 0.779. The highest BCUT2D eigenvalue weighted by Crippen LogP contribution is 2.26. The molecule has 24 heavy (non-hydrogen) atoms. The molecule has 1 N–H and O–H groups in total. The number of aromatic nitrogens is 3. The average Bonchev–Trinajstić information content (AvgIpc) is 3.10. The maximum atomic E-state index is 11.9. The van der Waals surface area contributed by atoms with Crippen LogP contribution in [0.2, 0.25) is 0 Å². The second-order valence-corrected chi connectivity index (χ2v) is 5.73. The second-order valence-electron chi connectivity index (χ2n) is 5.20. The molecular weight excluding hydrogens is 330 g/mol. The zero-order valence-corrected chi connectivity index (χ0v) is 14.0. The number of amides is 1. The zero-order valence-electron chi connectivity index (χ0n) is 13.2. The summed E-state index contributed by atoms with van der Waals surface area (Å²) in [4.78, 5) is 18.1. The van der Waals surface area contributed by atoms with Crippen molar-refractivity contribution in [2.24, 2.45) is 0 Å². The van der Waals surface area contributed by atoms with Crippen molar-refractivity contribution in [2.45, 2.75) is 6.42 Å². The van der Waals surface area contributed by atoms with Gasteiger partial charge in [-0.1, -0.05) is 6.07 Å². The molecule has 128 valence electrons. The lowest BCUT2D eigenvalue weighted by Gasteiger charge is -2.26. The number of carbonyl (C=O) groups excluding carboxylic acids is 1. The van der Waals surface area contributed by atoms with Gasteiger partial charge < -0.3 is 19.7 Å². The fourth-order valence-corrected chi connectivity index (χ4v) is 2.82. The van der Waals surface area contributed by atoms with Crippen molar-refractivity contribution in [1.29, 1.82) is 0 Å². The van der Waals surface area contributed by atoms with E-state index >= 15 is 0 Å². The Morgan fingerprint density at radius 1 is 1.33 bits per heavy atom. The molecule has 1 amide bonds. The molecule has 0 bridgehead atoms. The molecule has 0 saturated carbocycles. The van der Waals surface area contributed by atoms with Gasteiger partial charge in [0.15, 0.2) is 6.61 Å². The molecule has 1 fully saturated rings. The summed E-state index contributed by atoms with van der Waals surface area (Å²) in [5, 5.41) is 2.81. The van der Waals surface area contributed by atoms with Gasteiger partial charge in [-0.15, -0.1) is 4.37 Å². The van der Waals surface area contributed by atoms with Crippen LogP contribution in [0.15, 0.2) is 24.4 Å². The van der Waals surface area contributed by atoms with Gasteiger partial charge in [0.25, 0.3) is 11.8 Å². The minimum absolute atomic E-state index is 0.0784. The second kappa shape index (κ2) is 8.55. The van der Waals surface area contributed by atoms with Crippen molar-refractivity contribution in [3.05, 3.63) is 30.1 Å². The van der Waals surface area contributed by atoms with Gasteiger partial charge in [-0.25, -0.2) is 0 Å². The lowest BCUT2D eigenvalue weighted by Crippen LogP contribution is -2.37. The molecule has 1 aliphatic heterocycles. The van der Waals surface area contributed by atoms with Crippen molar-refractivity contribution >= 4 is 23.5 Å². The van der Waals surface area contributed by atoms with Crippen LogP contribution in [0.1, 0.15) is 5.69 Å². The monoisotopic (exact) mass is 349 g/mol. The molecule has 3 heterocycles. The van der Waals surface area contributed by atoms with E-state index in [9.17, 15) is 4.79 Å². The summed E-state index contributed by atoms with van der Waals surface area (Å²) < 4.78 is 19.2. The molecule has 8 nitrogen and oxygen atoms in total. The summed E-state index contributed by atoms with van der Waals surface area (Å²) in [5.74, 6) is 0.901. The number of nitrogens with one attached hydrogen (secondary N) is 1. The van der Waals surface area contributed by atoms with E-state index < -0.39 is 0 Å². The average molecular weight is 349 g/mol. The molecule has 0 radical (unpaired) electrons. The Kier molecular flexibility index (Phi) is 5.91. The standard InChI is InChI=1S/C15H19N5O3S/c21-13(17-6-4-12-3-1-2-5-16-12)11-23-15-14(18-24-19-15)20-7-9-22-10-8-20/h1-3,5H,4,6-11H2,(H,17,21). The van der Waals surface area contributed by atoms with Crippen LogP contribution in [-0.2, 0) is 16.0 Å². The van der Waals surface area contributed by atoms with E-state index in [1.54, 1.807) is 6.20 Å². The molecule has 0 aromatic carbocycles. The van der Waals surface area contributed by atoms with Crippen molar-refractivity contribution in [3.8, 4) is 5.88 Å². The number of carbonyl (C=O) groups is 1. The van der Waals surface area contributed by atoms with E-state index in [1.807, 2.05) is 18.2 Å². The van der Waals surface area contributed by atoms with Crippen molar-refractivity contribution in [1.82, 2.24) is 19.0 Å². The lowest BCUT2D eigenvalue weighted by atomic mass is 10.3. The minimum Gasteiger partial charge on any atom is -0.464 e. The highest BCUT2D eigenvalue weighted by Gasteiger charge is 2.20. The van der Waals surface area contributed by atoms with Crippen molar-refractivity contribution in [3.63, 3.8) is 0 Å². The normalized spacial score (nSPS) is 14.4. The molecule has 0 spiro atoms. The Balaban J connectivity index is 1.42. The summed E-state index contributed by atoms with van der Waals surface area (Å²) >= 11 is 1.08. The molecule has 3 rings (SSSR count). The molecule has 2 aromatic rings. The molecule has 0 unspecified atom stereocenters. The summed E-state index contributed by atoms with van der Waals surface area (Å²) in [6.45, 7) is 3.25. The third-order valence-electron chi connectivity index (χ3n) is 3.52. The van der Waals surface area contributed by atoms with E-state index in [-0.39, 0.29) is 12.5 Å². The maximum absolute atomic E-state index is 11.9. The first-order valence-electron chi connectivity index (χ1n) is 7.77. The molecule has 0 atom stereocenters. The van der Waals surface area contributed by atoms with E-state index in [0.29, 0.717) is 37.9 Å². The number of morpholine rings is 1. The number of rotatable bonds is 7. The van der Waals surface area contributed by atoms with Crippen LogP contribution in [0.4, 0.5) is 5.82 Å². The Morgan fingerprint density at radius 2 is 2.21 bits per heavy atom. The third kappa shape index (κ3) is 4.62. The number of anilines is 1. The molecule has 1 aliphatic rings. The number of nitrogens with zero attached hydrogens (tertiary/aromatic N) is 4. The first kappa shape index (κ1) is 16.6. The lowest BCUT2D eigenvalue weighted by molar-refractivity contribution is -0.123. The third-order valence-corrected chi connectivity index (χ3v) is 4.02. The Labute approximate surface area is 144 Å². The van der Waals surface area contributed by atoms with Crippen LogP contribution < -0.4 is 15.0 Å². The van der Waals surface area contributed by atoms with Crippen LogP contribution in [-0.4, -0.2) is 59.1 Å². The minimum atomic E-state index is -0.188. The summed E-state index contributed by atoms with van der Waals surface area (Å²) in [6.07, 6.45) is 2.42. The van der Waals surface area contributed by atoms with E-state index in [2.05, 4.69) is 23.9 Å². The summed E-state index contributed by atoms with van der Waals surface area (Å²) in [5.41, 5.74) is 0.942. The van der Waals surface area contributed by atoms with Gasteiger partial charge in [-0.2, -0.15) is 4.37 Å². The van der Waals surface area contributed by atoms with Crippen LogP contribution >= 0.6 is 11.7 Å². The molecule has 2 aromatic heterocycles. The van der Waals surface area contributed by atoms with Crippen LogP contribution in [0.25, 0.3) is 0 Å². The van der Waals surface area contributed by atoms with Crippen LogP contribution in [0.5, 0.6) is 5.88 Å². The predicted octanol–water partition coefficient (Wildman–Crippen LogP) is 0.507. The van der Waals surface area contributed by atoms with Gasteiger partial charge in [0.2, 0.25) is 5.82 Å².